The van der Waals surface area contributed by atoms with Crippen LogP contribution >= 0.6 is 11.3 Å². The van der Waals surface area contributed by atoms with Crippen molar-refractivity contribution >= 4 is 11.3 Å². The third-order valence-electron chi connectivity index (χ3n) is 2.03. The molecule has 0 fully saturated rings. The third kappa shape index (κ3) is 2.37. The first-order chi connectivity index (χ1) is 7.42. The van der Waals surface area contributed by atoms with Crippen LogP contribution < -0.4 is 5.32 Å². The smallest absolute Gasteiger partial charge is 0.0949 e. The maximum atomic E-state index is 4.30. The molecule has 0 saturated carbocycles. The number of hydrogen-bond donors (Lipinski definition) is 1. The van der Waals surface area contributed by atoms with E-state index in [1.54, 1.807) is 29.9 Å². The minimum Gasteiger partial charge on any atom is -0.304 e. The van der Waals surface area contributed by atoms with E-state index < -0.39 is 0 Å². The first-order valence-electron chi connectivity index (χ1n) is 4.79. The highest BCUT2D eigenvalue weighted by Crippen LogP contribution is 2.18. The van der Waals surface area contributed by atoms with E-state index >= 15 is 0 Å². The van der Waals surface area contributed by atoms with Crippen molar-refractivity contribution in [3.63, 3.8) is 0 Å². The normalized spacial score (nSPS) is 12.6. The van der Waals surface area contributed by atoms with Crippen molar-refractivity contribution in [1.82, 2.24) is 20.3 Å². The van der Waals surface area contributed by atoms with Crippen molar-refractivity contribution in [3.8, 4) is 0 Å². The molecular weight excluding hydrogens is 208 g/mol. The summed E-state index contributed by atoms with van der Waals surface area (Å²) in [6.45, 7) is 2.94. The van der Waals surface area contributed by atoms with Crippen LogP contribution in [0.1, 0.15) is 24.4 Å². The van der Waals surface area contributed by atoms with E-state index in [-0.39, 0.29) is 6.04 Å². The van der Waals surface area contributed by atoms with Gasteiger partial charge in [-0.15, -0.1) is 11.3 Å². The van der Waals surface area contributed by atoms with Crippen molar-refractivity contribution in [2.45, 2.75) is 13.0 Å². The Morgan fingerprint density at radius 1 is 1.33 bits per heavy atom. The number of nitrogens with zero attached hydrogens (tertiary/aromatic N) is 3. The van der Waals surface area contributed by atoms with Crippen LogP contribution in [0.15, 0.2) is 29.5 Å². The van der Waals surface area contributed by atoms with Gasteiger partial charge in [0.2, 0.25) is 0 Å². The molecule has 4 nitrogen and oxygen atoms in total. The second kappa shape index (κ2) is 4.95. The van der Waals surface area contributed by atoms with E-state index in [0.29, 0.717) is 0 Å². The largest absolute Gasteiger partial charge is 0.304 e. The van der Waals surface area contributed by atoms with Crippen molar-refractivity contribution in [3.05, 3.63) is 40.9 Å². The highest BCUT2D eigenvalue weighted by Gasteiger charge is 2.15. The van der Waals surface area contributed by atoms with Gasteiger partial charge in [0.1, 0.15) is 0 Å². The van der Waals surface area contributed by atoms with Gasteiger partial charge < -0.3 is 5.32 Å². The fourth-order valence-electron chi connectivity index (χ4n) is 1.39. The molecule has 0 saturated heterocycles. The fraction of sp³-hybridized carbons (Fsp3) is 0.300. The molecule has 0 radical (unpaired) electrons. The Bertz CT molecular complexity index is 387. The van der Waals surface area contributed by atoms with Gasteiger partial charge in [0.25, 0.3) is 0 Å². The average Bonchev–Trinajstić information content (AvgIpc) is 2.80. The van der Waals surface area contributed by atoms with E-state index in [2.05, 4.69) is 27.2 Å². The molecular formula is C10H12N4S. The van der Waals surface area contributed by atoms with Gasteiger partial charge in [0, 0.05) is 17.8 Å². The Hall–Kier alpha value is -1.33. The second-order valence-electron chi connectivity index (χ2n) is 3.03. The van der Waals surface area contributed by atoms with E-state index in [9.17, 15) is 0 Å². The third-order valence-corrected chi connectivity index (χ3v) is 2.64. The van der Waals surface area contributed by atoms with Crippen LogP contribution in [0.2, 0.25) is 0 Å². The van der Waals surface area contributed by atoms with Crippen molar-refractivity contribution in [2.75, 3.05) is 6.54 Å². The molecule has 0 aliphatic rings. The zero-order chi connectivity index (χ0) is 10.5. The van der Waals surface area contributed by atoms with Gasteiger partial charge in [0.15, 0.2) is 0 Å². The van der Waals surface area contributed by atoms with Gasteiger partial charge in [-0.3, -0.25) is 9.97 Å². The Morgan fingerprint density at radius 3 is 2.87 bits per heavy atom. The summed E-state index contributed by atoms with van der Waals surface area (Å²) < 4.78 is 0. The molecule has 0 spiro atoms. The van der Waals surface area contributed by atoms with Crippen molar-refractivity contribution < 1.29 is 0 Å². The molecule has 0 bridgehead atoms. The van der Waals surface area contributed by atoms with E-state index in [0.717, 1.165) is 17.9 Å². The summed E-state index contributed by atoms with van der Waals surface area (Å²) in [4.78, 5) is 12.7. The molecule has 2 aromatic heterocycles. The molecule has 0 aromatic carbocycles. The highest BCUT2D eigenvalue weighted by molar-refractivity contribution is 7.07. The lowest BCUT2D eigenvalue weighted by Crippen LogP contribution is -2.23. The molecule has 0 amide bonds. The first kappa shape index (κ1) is 10.2. The van der Waals surface area contributed by atoms with Crippen LogP contribution in [-0.4, -0.2) is 21.5 Å². The molecule has 2 rings (SSSR count). The predicted molar refractivity (Wildman–Crippen MR) is 59.7 cm³/mol. The fourth-order valence-corrected chi connectivity index (χ4v) is 1.97. The van der Waals surface area contributed by atoms with Crippen LogP contribution in [0.25, 0.3) is 0 Å². The van der Waals surface area contributed by atoms with Crippen molar-refractivity contribution in [2.24, 2.45) is 0 Å². The lowest BCUT2D eigenvalue weighted by molar-refractivity contribution is 0.601. The molecule has 5 heteroatoms. The summed E-state index contributed by atoms with van der Waals surface area (Å²) in [5.74, 6) is 0. The lowest BCUT2D eigenvalue weighted by Gasteiger charge is -2.14. The minimum atomic E-state index is 0.0509. The Morgan fingerprint density at radius 2 is 2.27 bits per heavy atom. The van der Waals surface area contributed by atoms with Gasteiger partial charge in [-0.1, -0.05) is 6.92 Å². The summed E-state index contributed by atoms with van der Waals surface area (Å²) >= 11 is 1.59. The SMILES string of the molecule is CCNC(c1cnccn1)c1cscn1. The van der Waals surface area contributed by atoms with E-state index in [1.165, 1.54) is 0 Å². The molecule has 2 aromatic rings. The molecule has 1 N–H and O–H groups in total. The summed E-state index contributed by atoms with van der Waals surface area (Å²) in [5.41, 5.74) is 3.74. The van der Waals surface area contributed by atoms with Crippen LogP contribution in [0.4, 0.5) is 0 Å². The van der Waals surface area contributed by atoms with Crippen LogP contribution in [0.3, 0.4) is 0 Å². The zero-order valence-electron chi connectivity index (χ0n) is 8.42. The number of aromatic nitrogens is 3. The number of hydrogen-bond acceptors (Lipinski definition) is 5. The van der Waals surface area contributed by atoms with Gasteiger partial charge >= 0.3 is 0 Å². The molecule has 0 aliphatic carbocycles. The summed E-state index contributed by atoms with van der Waals surface area (Å²) in [7, 11) is 0. The van der Waals surface area contributed by atoms with Crippen molar-refractivity contribution in [1.29, 1.82) is 0 Å². The number of nitrogens with one attached hydrogen (secondary N) is 1. The Balaban J connectivity index is 2.28. The highest BCUT2D eigenvalue weighted by atomic mass is 32.1. The van der Waals surface area contributed by atoms with E-state index in [4.69, 9.17) is 0 Å². The van der Waals surface area contributed by atoms with Gasteiger partial charge in [-0.25, -0.2) is 4.98 Å². The van der Waals surface area contributed by atoms with E-state index in [1.807, 2.05) is 10.9 Å². The maximum Gasteiger partial charge on any atom is 0.0949 e. The maximum absolute atomic E-state index is 4.30. The lowest BCUT2D eigenvalue weighted by atomic mass is 10.1. The summed E-state index contributed by atoms with van der Waals surface area (Å²) in [5, 5.41) is 5.37. The van der Waals surface area contributed by atoms with Crippen LogP contribution in [-0.2, 0) is 0 Å². The average molecular weight is 220 g/mol. The Kier molecular flexibility index (Phi) is 3.37. The number of rotatable bonds is 4. The second-order valence-corrected chi connectivity index (χ2v) is 3.75. The predicted octanol–water partition coefficient (Wildman–Crippen LogP) is 1.63. The van der Waals surface area contributed by atoms with Gasteiger partial charge in [-0.2, -0.15) is 0 Å². The summed E-state index contributed by atoms with van der Waals surface area (Å²) in [6, 6.07) is 0.0509. The standard InChI is InChI=1S/C10H12N4S/c1-2-12-10(9-6-15-7-14-9)8-5-11-3-4-13-8/h3-7,10,12H,2H2,1H3. The summed E-state index contributed by atoms with van der Waals surface area (Å²) in [6.07, 6.45) is 5.15. The first-order valence-corrected chi connectivity index (χ1v) is 5.73. The molecule has 15 heavy (non-hydrogen) atoms. The van der Waals surface area contributed by atoms with Crippen LogP contribution in [0.5, 0.6) is 0 Å². The molecule has 1 unspecified atom stereocenters. The molecule has 2 heterocycles. The van der Waals surface area contributed by atoms with Gasteiger partial charge in [0.05, 0.1) is 29.1 Å². The monoisotopic (exact) mass is 220 g/mol. The molecule has 1 atom stereocenters. The Labute approximate surface area is 92.4 Å². The van der Waals surface area contributed by atoms with Gasteiger partial charge in [-0.05, 0) is 6.54 Å². The number of thiazole rings is 1. The van der Waals surface area contributed by atoms with Crippen LogP contribution in [0, 0.1) is 0 Å². The molecule has 78 valence electrons. The quantitative estimate of drug-likeness (QED) is 0.851. The zero-order valence-corrected chi connectivity index (χ0v) is 9.24. The minimum absolute atomic E-state index is 0.0509. The molecule has 0 aliphatic heterocycles. The topological polar surface area (TPSA) is 50.7 Å².